The average molecular weight is 519 g/mol. The molecule has 0 aromatic heterocycles. The molecule has 0 amide bonds. The number of benzene rings is 1. The number of hydrogen-bond donors (Lipinski definition) is 3. The van der Waals surface area contributed by atoms with Gasteiger partial charge in [-0.15, -0.1) is 24.0 Å². The van der Waals surface area contributed by atoms with Crippen molar-refractivity contribution in [3.8, 4) is 11.5 Å². The maximum absolute atomic E-state index is 8.92. The standard InChI is InChI=1S/C22H37N3O3.HI/c1-5-23-21(25-16-22(9-6-10-22)14-17(2)3)24-15-18-7-8-19(28-12-11-26)20(13-18)27-4;/h7-8,13,17,26H,5-6,9-12,14-16H2,1-4H3,(H2,23,24,25);1H. The van der Waals surface area contributed by atoms with Crippen LogP contribution < -0.4 is 20.1 Å². The van der Waals surface area contributed by atoms with Crippen LogP contribution in [0.15, 0.2) is 23.2 Å². The predicted octanol–water partition coefficient (Wildman–Crippen LogP) is 3.96. The van der Waals surface area contributed by atoms with Crippen LogP contribution in [0.3, 0.4) is 0 Å². The third kappa shape index (κ3) is 8.20. The monoisotopic (exact) mass is 519 g/mol. The topological polar surface area (TPSA) is 75.1 Å². The molecule has 1 saturated carbocycles. The van der Waals surface area contributed by atoms with E-state index in [1.165, 1.54) is 25.7 Å². The van der Waals surface area contributed by atoms with Crippen molar-refractivity contribution in [1.82, 2.24) is 10.6 Å². The number of ether oxygens (including phenoxy) is 2. The number of nitrogens with one attached hydrogen (secondary N) is 2. The lowest BCUT2D eigenvalue weighted by Crippen LogP contribution is -2.47. The van der Waals surface area contributed by atoms with E-state index in [1.54, 1.807) is 7.11 Å². The van der Waals surface area contributed by atoms with Gasteiger partial charge in [-0.1, -0.05) is 26.3 Å². The van der Waals surface area contributed by atoms with Crippen molar-refractivity contribution < 1.29 is 14.6 Å². The summed E-state index contributed by atoms with van der Waals surface area (Å²) < 4.78 is 10.9. The van der Waals surface area contributed by atoms with E-state index in [4.69, 9.17) is 19.6 Å². The van der Waals surface area contributed by atoms with Crippen LogP contribution in [0.25, 0.3) is 0 Å². The lowest BCUT2D eigenvalue weighted by molar-refractivity contribution is 0.104. The minimum absolute atomic E-state index is 0. The normalized spacial score (nSPS) is 15.3. The Morgan fingerprint density at radius 2 is 2.00 bits per heavy atom. The maximum atomic E-state index is 8.92. The van der Waals surface area contributed by atoms with Gasteiger partial charge in [0.15, 0.2) is 17.5 Å². The van der Waals surface area contributed by atoms with Crippen LogP contribution in [0.5, 0.6) is 11.5 Å². The first-order valence-corrected chi connectivity index (χ1v) is 10.4. The second kappa shape index (κ2) is 13.2. The number of nitrogens with zero attached hydrogens (tertiary/aromatic N) is 1. The summed E-state index contributed by atoms with van der Waals surface area (Å²) in [5.74, 6) is 2.87. The molecule has 2 rings (SSSR count). The van der Waals surface area contributed by atoms with Gasteiger partial charge in [0.05, 0.1) is 20.3 Å². The fraction of sp³-hybridized carbons (Fsp3) is 0.682. The van der Waals surface area contributed by atoms with E-state index >= 15 is 0 Å². The first-order chi connectivity index (χ1) is 13.5. The molecule has 7 heteroatoms. The molecule has 1 aliphatic rings. The average Bonchev–Trinajstić information content (AvgIpc) is 2.66. The highest BCUT2D eigenvalue weighted by atomic mass is 127. The van der Waals surface area contributed by atoms with Crippen molar-refractivity contribution in [2.45, 2.75) is 53.0 Å². The third-order valence-corrected chi connectivity index (χ3v) is 5.23. The molecule has 1 fully saturated rings. The molecule has 1 aromatic carbocycles. The van der Waals surface area contributed by atoms with Gasteiger partial charge in [-0.25, -0.2) is 4.99 Å². The highest BCUT2D eigenvalue weighted by molar-refractivity contribution is 14.0. The van der Waals surface area contributed by atoms with E-state index in [0.717, 1.165) is 30.5 Å². The zero-order chi connectivity index (χ0) is 20.4. The highest BCUT2D eigenvalue weighted by Crippen LogP contribution is 2.45. The molecule has 0 bridgehead atoms. The SMILES string of the molecule is CCNC(=NCc1ccc(OCCO)c(OC)c1)NCC1(CC(C)C)CCC1.I. The van der Waals surface area contributed by atoms with Crippen LogP contribution in [-0.4, -0.2) is 44.5 Å². The van der Waals surface area contributed by atoms with Crippen LogP contribution >= 0.6 is 24.0 Å². The van der Waals surface area contributed by atoms with E-state index < -0.39 is 0 Å². The molecule has 0 heterocycles. The summed E-state index contributed by atoms with van der Waals surface area (Å²) in [5.41, 5.74) is 1.48. The van der Waals surface area contributed by atoms with Gasteiger partial charge in [0, 0.05) is 13.1 Å². The van der Waals surface area contributed by atoms with E-state index in [0.29, 0.717) is 23.5 Å². The molecule has 1 aliphatic carbocycles. The van der Waals surface area contributed by atoms with Gasteiger partial charge >= 0.3 is 0 Å². The van der Waals surface area contributed by atoms with Gasteiger partial charge in [-0.2, -0.15) is 0 Å². The van der Waals surface area contributed by atoms with Gasteiger partial charge in [0.2, 0.25) is 0 Å². The summed E-state index contributed by atoms with van der Waals surface area (Å²) >= 11 is 0. The largest absolute Gasteiger partial charge is 0.493 e. The molecule has 0 radical (unpaired) electrons. The molecule has 3 N–H and O–H groups in total. The molecule has 0 spiro atoms. The minimum Gasteiger partial charge on any atom is -0.493 e. The molecule has 29 heavy (non-hydrogen) atoms. The number of guanidine groups is 1. The van der Waals surface area contributed by atoms with Crippen LogP contribution in [0, 0.1) is 11.3 Å². The summed E-state index contributed by atoms with van der Waals surface area (Å²) in [7, 11) is 1.62. The van der Waals surface area contributed by atoms with Gasteiger partial charge < -0.3 is 25.2 Å². The Bertz CT molecular complexity index is 634. The smallest absolute Gasteiger partial charge is 0.191 e. The van der Waals surface area contributed by atoms with Gasteiger partial charge in [-0.05, 0) is 55.2 Å². The first kappa shape index (κ1) is 25.8. The Labute approximate surface area is 192 Å². The summed E-state index contributed by atoms with van der Waals surface area (Å²) in [5, 5.41) is 15.8. The van der Waals surface area contributed by atoms with E-state index in [2.05, 4.69) is 31.4 Å². The van der Waals surface area contributed by atoms with Crippen molar-refractivity contribution >= 4 is 29.9 Å². The maximum Gasteiger partial charge on any atom is 0.191 e. The van der Waals surface area contributed by atoms with Gasteiger partial charge in [0.25, 0.3) is 0 Å². The van der Waals surface area contributed by atoms with E-state index in [1.807, 2.05) is 18.2 Å². The first-order valence-electron chi connectivity index (χ1n) is 10.4. The quantitative estimate of drug-likeness (QED) is 0.235. The van der Waals surface area contributed by atoms with Crippen molar-refractivity contribution in [1.29, 1.82) is 0 Å². The Hall–Kier alpha value is -1.22. The van der Waals surface area contributed by atoms with Crippen LogP contribution in [0.1, 0.15) is 52.0 Å². The number of methoxy groups -OCH3 is 1. The summed E-state index contributed by atoms with van der Waals surface area (Å²) in [4.78, 5) is 4.75. The van der Waals surface area contributed by atoms with Gasteiger partial charge in [-0.3, -0.25) is 0 Å². The summed E-state index contributed by atoms with van der Waals surface area (Å²) in [6.45, 7) is 9.30. The van der Waals surface area contributed by atoms with Gasteiger partial charge in [0.1, 0.15) is 6.61 Å². The third-order valence-electron chi connectivity index (χ3n) is 5.23. The Kier molecular flexibility index (Phi) is 11.7. The number of halogens is 1. The molecular weight excluding hydrogens is 481 g/mol. The summed E-state index contributed by atoms with van der Waals surface area (Å²) in [6, 6.07) is 5.78. The molecular formula is C22H38IN3O3. The van der Waals surface area contributed by atoms with E-state index in [-0.39, 0.29) is 37.2 Å². The predicted molar refractivity (Wildman–Crippen MR) is 130 cm³/mol. The van der Waals surface area contributed by atoms with E-state index in [9.17, 15) is 0 Å². The number of hydrogen-bond acceptors (Lipinski definition) is 4. The zero-order valence-electron chi connectivity index (χ0n) is 18.3. The minimum atomic E-state index is -0.0226. The zero-order valence-corrected chi connectivity index (χ0v) is 20.6. The lowest BCUT2D eigenvalue weighted by atomic mass is 9.64. The fourth-order valence-corrected chi connectivity index (χ4v) is 3.86. The number of aliphatic hydroxyl groups excluding tert-OH is 1. The summed E-state index contributed by atoms with van der Waals surface area (Å²) in [6.07, 6.45) is 5.23. The Morgan fingerprint density at radius 1 is 1.24 bits per heavy atom. The Balaban J connectivity index is 0.00000420. The van der Waals surface area contributed by atoms with Crippen LogP contribution in [0.2, 0.25) is 0 Å². The number of aliphatic imine (C=N–C) groups is 1. The van der Waals surface area contributed by atoms with Crippen molar-refractivity contribution in [3.05, 3.63) is 23.8 Å². The molecule has 0 atom stereocenters. The molecule has 0 saturated heterocycles. The number of aliphatic hydroxyl groups is 1. The van der Waals surface area contributed by atoms with Crippen LogP contribution in [-0.2, 0) is 6.54 Å². The number of rotatable bonds is 11. The molecule has 1 aromatic rings. The van der Waals surface area contributed by atoms with Crippen LogP contribution in [0.4, 0.5) is 0 Å². The second-order valence-corrected chi connectivity index (χ2v) is 8.06. The molecule has 0 aliphatic heterocycles. The van der Waals surface area contributed by atoms with Crippen molar-refractivity contribution in [3.63, 3.8) is 0 Å². The Morgan fingerprint density at radius 3 is 2.55 bits per heavy atom. The molecule has 6 nitrogen and oxygen atoms in total. The molecule has 166 valence electrons. The van der Waals surface area contributed by atoms with Crippen molar-refractivity contribution in [2.24, 2.45) is 16.3 Å². The van der Waals surface area contributed by atoms with Crippen molar-refractivity contribution in [2.75, 3.05) is 33.4 Å². The second-order valence-electron chi connectivity index (χ2n) is 8.06. The molecule has 0 unspecified atom stereocenters. The highest BCUT2D eigenvalue weighted by Gasteiger charge is 2.37. The fourth-order valence-electron chi connectivity index (χ4n) is 3.86. The lowest BCUT2D eigenvalue weighted by Gasteiger charge is -2.43.